The molecule has 2 unspecified atom stereocenters. The molecule has 2 aromatic carbocycles. The Balaban J connectivity index is 1.36. The first-order valence-electron chi connectivity index (χ1n) is 9.68. The number of hydrazine groups is 1. The summed E-state index contributed by atoms with van der Waals surface area (Å²) in [5.74, 6) is -0.760. The molecule has 0 saturated carbocycles. The number of benzene rings is 2. The molecule has 0 radical (unpaired) electrons. The number of nitrogens with zero attached hydrogens (tertiary/aromatic N) is 1. The van der Waals surface area contributed by atoms with Crippen molar-refractivity contribution in [2.75, 3.05) is 11.9 Å². The average molecular weight is 422 g/mol. The maximum absolute atomic E-state index is 13.2. The maximum atomic E-state index is 13.2. The lowest BCUT2D eigenvalue weighted by molar-refractivity contribution is -0.119. The maximum Gasteiger partial charge on any atom is 0.232 e. The fourth-order valence-corrected chi connectivity index (χ4v) is 4.68. The Kier molecular flexibility index (Phi) is 4.82. The zero-order valence-electron chi connectivity index (χ0n) is 16.2. The minimum absolute atomic E-state index is 0.127. The van der Waals surface area contributed by atoms with E-state index in [9.17, 15) is 9.18 Å². The third-order valence-corrected chi connectivity index (χ3v) is 6.19. The molecule has 1 aliphatic rings. The van der Waals surface area contributed by atoms with Crippen molar-refractivity contribution in [3.05, 3.63) is 71.0 Å². The van der Waals surface area contributed by atoms with E-state index in [0.29, 0.717) is 11.7 Å². The predicted octanol–water partition coefficient (Wildman–Crippen LogP) is 4.14. The van der Waals surface area contributed by atoms with Crippen molar-refractivity contribution >= 4 is 33.3 Å². The van der Waals surface area contributed by atoms with Crippen LogP contribution in [0, 0.1) is 18.7 Å². The van der Waals surface area contributed by atoms with Crippen LogP contribution in [-0.4, -0.2) is 22.4 Å². The number of H-pyrrole nitrogens is 1. The fourth-order valence-electron chi connectivity index (χ4n) is 3.98. The van der Waals surface area contributed by atoms with Gasteiger partial charge in [-0.3, -0.25) is 10.2 Å². The Morgan fingerprint density at radius 3 is 2.83 bits per heavy atom. The van der Waals surface area contributed by atoms with Gasteiger partial charge >= 0.3 is 0 Å². The van der Waals surface area contributed by atoms with E-state index < -0.39 is 0 Å². The number of amides is 1. The third-order valence-electron chi connectivity index (χ3n) is 5.43. The molecule has 30 heavy (non-hydrogen) atoms. The number of carbonyl (C=O) groups excluding carboxylic acids is 1. The molecule has 0 bridgehead atoms. The highest BCUT2D eigenvalue weighted by molar-refractivity contribution is 7.14. The smallest absolute Gasteiger partial charge is 0.232 e. The normalized spacial score (nSPS) is 18.7. The van der Waals surface area contributed by atoms with Gasteiger partial charge in [-0.25, -0.2) is 14.8 Å². The molecule has 0 spiro atoms. The van der Waals surface area contributed by atoms with Gasteiger partial charge in [-0.05, 0) is 30.7 Å². The van der Waals surface area contributed by atoms with Gasteiger partial charge in [-0.2, -0.15) is 0 Å². The van der Waals surface area contributed by atoms with E-state index >= 15 is 0 Å². The van der Waals surface area contributed by atoms with Crippen LogP contribution < -0.4 is 16.2 Å². The van der Waals surface area contributed by atoms with E-state index in [1.54, 1.807) is 12.1 Å². The van der Waals surface area contributed by atoms with Gasteiger partial charge < -0.3 is 10.3 Å². The summed E-state index contributed by atoms with van der Waals surface area (Å²) in [7, 11) is 0. The molecule has 1 saturated heterocycles. The lowest BCUT2D eigenvalue weighted by Crippen LogP contribution is -2.29. The molecule has 4 aromatic rings. The number of aromatic amines is 1. The number of para-hydroxylation sites is 1. The van der Waals surface area contributed by atoms with Crippen molar-refractivity contribution in [1.29, 1.82) is 0 Å². The molecule has 8 heteroatoms. The number of nitrogens with one attached hydrogen (secondary N) is 4. The number of aromatic nitrogens is 2. The number of rotatable bonds is 4. The number of carbonyl (C=O) groups is 1. The van der Waals surface area contributed by atoms with E-state index in [-0.39, 0.29) is 23.7 Å². The van der Waals surface area contributed by atoms with Crippen LogP contribution in [0.1, 0.15) is 17.3 Å². The number of anilines is 1. The molecular weight excluding hydrogens is 401 g/mol. The van der Waals surface area contributed by atoms with Gasteiger partial charge in [0.25, 0.3) is 0 Å². The van der Waals surface area contributed by atoms with Gasteiger partial charge in [0.05, 0.1) is 17.7 Å². The van der Waals surface area contributed by atoms with Crippen LogP contribution in [-0.2, 0) is 4.79 Å². The van der Waals surface area contributed by atoms with Crippen molar-refractivity contribution in [2.45, 2.75) is 13.0 Å². The molecule has 6 nitrogen and oxygen atoms in total. The fraction of sp³-hybridized carbons (Fsp3) is 0.182. The first-order valence-corrected chi connectivity index (χ1v) is 10.6. The first-order chi connectivity index (χ1) is 14.6. The second-order valence-corrected chi connectivity index (χ2v) is 8.22. The zero-order chi connectivity index (χ0) is 20.7. The number of thiazole rings is 1. The summed E-state index contributed by atoms with van der Waals surface area (Å²) in [5, 5.41) is 6.58. The Labute approximate surface area is 176 Å². The molecule has 3 heterocycles. The van der Waals surface area contributed by atoms with Crippen LogP contribution in [0.4, 0.5) is 9.52 Å². The Hall–Kier alpha value is -3.07. The van der Waals surface area contributed by atoms with Crippen molar-refractivity contribution in [3.8, 4) is 11.3 Å². The van der Waals surface area contributed by atoms with Gasteiger partial charge in [0.1, 0.15) is 5.82 Å². The molecule has 2 aromatic heterocycles. The van der Waals surface area contributed by atoms with Crippen molar-refractivity contribution in [2.24, 2.45) is 5.92 Å². The summed E-state index contributed by atoms with van der Waals surface area (Å²) in [4.78, 5) is 21.0. The van der Waals surface area contributed by atoms with E-state index in [2.05, 4.69) is 32.2 Å². The predicted molar refractivity (Wildman–Crippen MR) is 117 cm³/mol. The Morgan fingerprint density at radius 1 is 1.20 bits per heavy atom. The zero-order valence-corrected chi connectivity index (χ0v) is 17.0. The van der Waals surface area contributed by atoms with Crippen LogP contribution in [0.5, 0.6) is 0 Å². The van der Waals surface area contributed by atoms with Gasteiger partial charge in [0, 0.05) is 34.1 Å². The summed E-state index contributed by atoms with van der Waals surface area (Å²) < 4.78 is 13.2. The van der Waals surface area contributed by atoms with Crippen molar-refractivity contribution in [1.82, 2.24) is 20.8 Å². The summed E-state index contributed by atoms with van der Waals surface area (Å²) in [6, 6.07) is 14.1. The summed E-state index contributed by atoms with van der Waals surface area (Å²) >= 11 is 1.40. The van der Waals surface area contributed by atoms with Crippen LogP contribution in [0.3, 0.4) is 0 Å². The van der Waals surface area contributed by atoms with E-state index in [4.69, 9.17) is 0 Å². The Bertz CT molecular complexity index is 1220. The third kappa shape index (κ3) is 3.39. The molecule has 0 aliphatic carbocycles. The molecule has 1 fully saturated rings. The van der Waals surface area contributed by atoms with E-state index in [1.165, 1.54) is 23.5 Å². The molecule has 5 rings (SSSR count). The molecule has 4 N–H and O–H groups in total. The standard InChI is InChI=1S/C22H20FN5OS/c1-12-19(15-4-2-3-5-17(15)25-12)18-11-30-22(26-18)27-21(29)16-10-24-28-20(16)13-6-8-14(23)9-7-13/h2-9,11,16,20,24-25,28H,10H2,1H3,(H,26,27,29). The molecular formula is C22H20FN5OS. The van der Waals surface area contributed by atoms with E-state index in [1.807, 2.05) is 30.5 Å². The highest BCUT2D eigenvalue weighted by Crippen LogP contribution is 2.34. The minimum Gasteiger partial charge on any atom is -0.358 e. The Morgan fingerprint density at radius 2 is 2.00 bits per heavy atom. The van der Waals surface area contributed by atoms with Gasteiger partial charge in [-0.15, -0.1) is 11.3 Å². The van der Waals surface area contributed by atoms with Gasteiger partial charge in [0.2, 0.25) is 5.91 Å². The molecule has 2 atom stereocenters. The number of hydrogen-bond donors (Lipinski definition) is 4. The largest absolute Gasteiger partial charge is 0.358 e. The van der Waals surface area contributed by atoms with Gasteiger partial charge in [-0.1, -0.05) is 30.3 Å². The van der Waals surface area contributed by atoms with Crippen molar-refractivity contribution in [3.63, 3.8) is 0 Å². The number of halogens is 1. The second-order valence-electron chi connectivity index (χ2n) is 7.36. The highest BCUT2D eigenvalue weighted by atomic mass is 32.1. The van der Waals surface area contributed by atoms with Gasteiger partial charge in [0.15, 0.2) is 5.13 Å². The monoisotopic (exact) mass is 421 g/mol. The van der Waals surface area contributed by atoms with Crippen LogP contribution >= 0.6 is 11.3 Å². The topological polar surface area (TPSA) is 81.8 Å². The second kappa shape index (κ2) is 7.64. The minimum atomic E-state index is -0.336. The average Bonchev–Trinajstić information content (AvgIpc) is 3.46. The number of hydrogen-bond acceptors (Lipinski definition) is 5. The number of aryl methyl sites for hydroxylation is 1. The lowest BCUT2D eigenvalue weighted by atomic mass is 9.94. The highest BCUT2D eigenvalue weighted by Gasteiger charge is 2.34. The summed E-state index contributed by atoms with van der Waals surface area (Å²) in [6.45, 7) is 2.50. The molecule has 152 valence electrons. The van der Waals surface area contributed by atoms with E-state index in [0.717, 1.165) is 33.4 Å². The van der Waals surface area contributed by atoms with Crippen LogP contribution in [0.25, 0.3) is 22.2 Å². The molecule has 1 amide bonds. The lowest BCUT2D eigenvalue weighted by Gasteiger charge is -2.17. The SMILES string of the molecule is Cc1[nH]c2ccccc2c1-c1csc(NC(=O)C2CNNC2c2ccc(F)cc2)n1. The first kappa shape index (κ1) is 18.9. The molecule has 1 aliphatic heterocycles. The number of fused-ring (bicyclic) bond motifs is 1. The summed E-state index contributed by atoms with van der Waals surface area (Å²) in [6.07, 6.45) is 0. The summed E-state index contributed by atoms with van der Waals surface area (Å²) in [5.41, 5.74) is 11.0. The van der Waals surface area contributed by atoms with Crippen molar-refractivity contribution < 1.29 is 9.18 Å². The van der Waals surface area contributed by atoms with Crippen LogP contribution in [0.15, 0.2) is 53.9 Å². The quantitative estimate of drug-likeness (QED) is 0.399. The van der Waals surface area contributed by atoms with Crippen LogP contribution in [0.2, 0.25) is 0 Å².